The van der Waals surface area contributed by atoms with Gasteiger partial charge in [-0.1, -0.05) is 29.8 Å². The molecule has 0 amide bonds. The lowest BCUT2D eigenvalue weighted by Crippen LogP contribution is -2.36. The molecular weight excluding hydrogens is 394 g/mol. The molecule has 148 valence electrons. The minimum atomic E-state index is 0.0698. The molecule has 1 aromatic carbocycles. The summed E-state index contributed by atoms with van der Waals surface area (Å²) >= 11 is 7.91. The molecule has 0 saturated heterocycles. The standard InChI is InChI=1S/C21H24ClN3O2S/c1-27-11-9-23-15-6-7-16-18(12-15)28-20-19(16)21(26)25(13-24-20)10-8-14-4-2-3-5-17(14)22/h2-5,13,15,23H,6-12H2,1H3/t15-/m1/s1. The first-order chi connectivity index (χ1) is 13.7. The Kier molecular flexibility index (Phi) is 6.11. The van der Waals surface area contributed by atoms with Crippen LogP contribution in [0.25, 0.3) is 10.2 Å². The number of halogens is 1. The number of nitrogens with one attached hydrogen (secondary N) is 1. The second-order valence-corrected chi connectivity index (χ2v) is 8.65. The molecule has 0 spiro atoms. The molecule has 0 aliphatic heterocycles. The Morgan fingerprint density at radius 3 is 3.07 bits per heavy atom. The molecule has 1 N–H and O–H groups in total. The van der Waals surface area contributed by atoms with Gasteiger partial charge < -0.3 is 10.1 Å². The normalized spacial score (nSPS) is 16.4. The van der Waals surface area contributed by atoms with Gasteiger partial charge in [0.05, 0.1) is 18.3 Å². The number of hydrogen-bond donors (Lipinski definition) is 1. The molecule has 0 radical (unpaired) electrons. The number of thiophene rings is 1. The molecule has 2 aromatic heterocycles. The number of fused-ring (bicyclic) bond motifs is 3. The van der Waals surface area contributed by atoms with Gasteiger partial charge in [-0.05, 0) is 42.9 Å². The number of aromatic nitrogens is 2. The third-order valence-corrected chi connectivity index (χ3v) is 6.89. The topological polar surface area (TPSA) is 56.1 Å². The van der Waals surface area contributed by atoms with Gasteiger partial charge in [0.2, 0.25) is 0 Å². The average Bonchev–Trinajstić information content (AvgIpc) is 3.07. The van der Waals surface area contributed by atoms with E-state index in [9.17, 15) is 4.79 Å². The van der Waals surface area contributed by atoms with E-state index in [0.29, 0.717) is 25.6 Å². The van der Waals surface area contributed by atoms with Crippen LogP contribution in [-0.2, 0) is 30.5 Å². The van der Waals surface area contributed by atoms with E-state index in [1.165, 1.54) is 10.4 Å². The maximum absolute atomic E-state index is 13.1. The van der Waals surface area contributed by atoms with E-state index in [1.807, 2.05) is 24.3 Å². The zero-order valence-electron chi connectivity index (χ0n) is 15.9. The Hall–Kier alpha value is -1.73. The van der Waals surface area contributed by atoms with Gasteiger partial charge in [-0.2, -0.15) is 0 Å². The lowest BCUT2D eigenvalue weighted by atomic mass is 9.93. The van der Waals surface area contributed by atoms with Crippen LogP contribution >= 0.6 is 22.9 Å². The average molecular weight is 418 g/mol. The monoisotopic (exact) mass is 417 g/mol. The Balaban J connectivity index is 1.55. The van der Waals surface area contributed by atoms with E-state index < -0.39 is 0 Å². The van der Waals surface area contributed by atoms with Crippen LogP contribution in [0.3, 0.4) is 0 Å². The molecule has 2 heterocycles. The first kappa shape index (κ1) is 19.6. The highest BCUT2D eigenvalue weighted by atomic mass is 35.5. The molecule has 4 rings (SSSR count). The van der Waals surface area contributed by atoms with Crippen molar-refractivity contribution in [2.45, 2.75) is 38.3 Å². The molecule has 3 aromatic rings. The Labute approximate surface area is 173 Å². The number of benzene rings is 1. The van der Waals surface area contributed by atoms with Gasteiger partial charge in [-0.25, -0.2) is 4.98 Å². The SMILES string of the molecule is COCCN[C@@H]1CCc2c(sc3ncn(CCc4ccccc4Cl)c(=O)c23)C1. The fourth-order valence-corrected chi connectivity index (χ4v) is 5.33. The van der Waals surface area contributed by atoms with Crippen molar-refractivity contribution in [1.29, 1.82) is 0 Å². The van der Waals surface area contributed by atoms with Gasteiger partial charge in [-0.15, -0.1) is 11.3 Å². The summed E-state index contributed by atoms with van der Waals surface area (Å²) in [6, 6.07) is 8.21. The molecule has 0 unspecified atom stereocenters. The minimum Gasteiger partial charge on any atom is -0.383 e. The number of hydrogen-bond acceptors (Lipinski definition) is 5. The molecule has 1 aliphatic carbocycles. The second kappa shape index (κ2) is 8.74. The Morgan fingerprint density at radius 2 is 2.25 bits per heavy atom. The van der Waals surface area contributed by atoms with Gasteiger partial charge in [-0.3, -0.25) is 9.36 Å². The fourth-order valence-electron chi connectivity index (χ4n) is 3.84. The number of nitrogens with zero attached hydrogens (tertiary/aromatic N) is 2. The predicted octanol–water partition coefficient (Wildman–Crippen LogP) is 3.45. The van der Waals surface area contributed by atoms with Crippen molar-refractivity contribution in [2.75, 3.05) is 20.3 Å². The highest BCUT2D eigenvalue weighted by Gasteiger charge is 2.24. The lowest BCUT2D eigenvalue weighted by molar-refractivity contribution is 0.194. The molecule has 5 nitrogen and oxygen atoms in total. The van der Waals surface area contributed by atoms with E-state index in [2.05, 4.69) is 10.3 Å². The summed E-state index contributed by atoms with van der Waals surface area (Å²) in [4.78, 5) is 19.9. The van der Waals surface area contributed by atoms with Crippen LogP contribution in [0.4, 0.5) is 0 Å². The number of rotatable bonds is 7. The largest absolute Gasteiger partial charge is 0.383 e. The second-order valence-electron chi connectivity index (χ2n) is 7.16. The van der Waals surface area contributed by atoms with Crippen LogP contribution < -0.4 is 10.9 Å². The number of aryl methyl sites for hydroxylation is 3. The molecule has 0 saturated carbocycles. The van der Waals surface area contributed by atoms with Crippen molar-refractivity contribution in [1.82, 2.24) is 14.9 Å². The third-order valence-electron chi connectivity index (χ3n) is 5.35. The molecule has 1 aliphatic rings. The summed E-state index contributed by atoms with van der Waals surface area (Å²) in [6.07, 6.45) is 5.31. The van der Waals surface area contributed by atoms with Gasteiger partial charge in [0, 0.05) is 36.1 Å². The van der Waals surface area contributed by atoms with Crippen LogP contribution in [0.2, 0.25) is 5.02 Å². The highest BCUT2D eigenvalue weighted by Crippen LogP contribution is 2.33. The Bertz CT molecular complexity index is 1030. The molecule has 0 fully saturated rings. The Morgan fingerprint density at radius 1 is 1.39 bits per heavy atom. The lowest BCUT2D eigenvalue weighted by Gasteiger charge is -2.23. The smallest absolute Gasteiger partial charge is 0.262 e. The minimum absolute atomic E-state index is 0.0698. The van der Waals surface area contributed by atoms with Crippen LogP contribution in [0.5, 0.6) is 0 Å². The van der Waals surface area contributed by atoms with Crippen LogP contribution in [0.15, 0.2) is 35.4 Å². The molecule has 0 bridgehead atoms. The van der Waals surface area contributed by atoms with Gasteiger partial charge in [0.1, 0.15) is 4.83 Å². The fraction of sp³-hybridized carbons (Fsp3) is 0.429. The van der Waals surface area contributed by atoms with Gasteiger partial charge in [0.15, 0.2) is 0 Å². The van der Waals surface area contributed by atoms with Crippen molar-refractivity contribution in [2.24, 2.45) is 0 Å². The van der Waals surface area contributed by atoms with Crippen LogP contribution in [0, 0.1) is 0 Å². The van der Waals surface area contributed by atoms with E-state index in [0.717, 1.165) is 46.6 Å². The molecule has 28 heavy (non-hydrogen) atoms. The van der Waals surface area contributed by atoms with Crippen molar-refractivity contribution < 1.29 is 4.74 Å². The summed E-state index contributed by atoms with van der Waals surface area (Å²) in [7, 11) is 1.72. The van der Waals surface area contributed by atoms with Crippen molar-refractivity contribution in [3.63, 3.8) is 0 Å². The zero-order chi connectivity index (χ0) is 19.5. The van der Waals surface area contributed by atoms with E-state index in [4.69, 9.17) is 16.3 Å². The first-order valence-electron chi connectivity index (χ1n) is 9.62. The van der Waals surface area contributed by atoms with Crippen molar-refractivity contribution in [3.8, 4) is 0 Å². The molecular formula is C21H24ClN3O2S. The summed E-state index contributed by atoms with van der Waals surface area (Å²) in [5, 5.41) is 5.10. The van der Waals surface area contributed by atoms with Crippen LogP contribution in [0.1, 0.15) is 22.4 Å². The van der Waals surface area contributed by atoms with Crippen molar-refractivity contribution in [3.05, 3.63) is 62.0 Å². The molecule has 1 atom stereocenters. The third kappa shape index (κ3) is 4.01. The summed E-state index contributed by atoms with van der Waals surface area (Å²) in [5.74, 6) is 0. The summed E-state index contributed by atoms with van der Waals surface area (Å²) in [6.45, 7) is 2.15. The first-order valence-corrected chi connectivity index (χ1v) is 10.8. The summed E-state index contributed by atoms with van der Waals surface area (Å²) in [5.41, 5.74) is 2.32. The van der Waals surface area contributed by atoms with E-state index >= 15 is 0 Å². The molecule has 7 heteroatoms. The van der Waals surface area contributed by atoms with E-state index in [-0.39, 0.29) is 5.56 Å². The zero-order valence-corrected chi connectivity index (χ0v) is 17.5. The number of ether oxygens (including phenoxy) is 1. The maximum atomic E-state index is 13.1. The van der Waals surface area contributed by atoms with Crippen molar-refractivity contribution >= 4 is 33.2 Å². The van der Waals surface area contributed by atoms with Gasteiger partial charge >= 0.3 is 0 Å². The maximum Gasteiger partial charge on any atom is 0.262 e. The van der Waals surface area contributed by atoms with Gasteiger partial charge in [0.25, 0.3) is 5.56 Å². The highest BCUT2D eigenvalue weighted by molar-refractivity contribution is 7.18. The number of methoxy groups -OCH3 is 1. The van der Waals surface area contributed by atoms with Crippen LogP contribution in [-0.4, -0.2) is 35.9 Å². The summed E-state index contributed by atoms with van der Waals surface area (Å²) < 4.78 is 6.84. The predicted molar refractivity (Wildman–Crippen MR) is 115 cm³/mol. The quantitative estimate of drug-likeness (QED) is 0.598. The van der Waals surface area contributed by atoms with E-state index in [1.54, 1.807) is 29.3 Å².